The zero-order valence-electron chi connectivity index (χ0n) is 13.7. The summed E-state index contributed by atoms with van der Waals surface area (Å²) >= 11 is 0. The Balaban J connectivity index is 2.85. The molecular weight excluding hydrogens is 266 g/mol. The molecule has 1 unspecified atom stereocenters. The lowest BCUT2D eigenvalue weighted by Crippen LogP contribution is -2.52. The number of nitrogens with one attached hydrogen (secondary N) is 1. The van der Waals surface area contributed by atoms with Crippen molar-refractivity contribution in [3.8, 4) is 0 Å². The van der Waals surface area contributed by atoms with Crippen LogP contribution in [0.1, 0.15) is 72.1 Å². The lowest BCUT2D eigenvalue weighted by Gasteiger charge is -2.32. The third kappa shape index (κ3) is 4.61. The van der Waals surface area contributed by atoms with Crippen LogP contribution in [0.5, 0.6) is 0 Å². The predicted octanol–water partition coefficient (Wildman–Crippen LogP) is 3.01. The maximum absolute atomic E-state index is 12.8. The van der Waals surface area contributed by atoms with Crippen LogP contribution in [0.3, 0.4) is 0 Å². The van der Waals surface area contributed by atoms with E-state index in [9.17, 15) is 4.79 Å². The zero-order chi connectivity index (χ0) is 15.9. The van der Waals surface area contributed by atoms with E-state index < -0.39 is 5.41 Å². The largest absolute Gasteiger partial charge is 0.409 e. The molecule has 5 nitrogen and oxygen atoms in total. The lowest BCUT2D eigenvalue weighted by molar-refractivity contribution is -0.129. The normalized spacial score (nSPS) is 17.6. The summed E-state index contributed by atoms with van der Waals surface area (Å²) in [6.07, 6.45) is 7.40. The summed E-state index contributed by atoms with van der Waals surface area (Å²) in [6.45, 7) is 6.13. The summed E-state index contributed by atoms with van der Waals surface area (Å²) in [6, 6.07) is 0.199. The minimum absolute atomic E-state index is 0.0463. The summed E-state index contributed by atoms with van der Waals surface area (Å²) in [5.41, 5.74) is 5.03. The van der Waals surface area contributed by atoms with Crippen LogP contribution >= 0.6 is 0 Å². The Kier molecular flexibility index (Phi) is 6.99. The van der Waals surface area contributed by atoms with E-state index in [1.807, 2.05) is 13.8 Å². The number of hydrogen-bond acceptors (Lipinski definition) is 3. The first-order valence-corrected chi connectivity index (χ1v) is 8.32. The first-order valence-electron chi connectivity index (χ1n) is 8.32. The van der Waals surface area contributed by atoms with E-state index in [2.05, 4.69) is 17.4 Å². The summed E-state index contributed by atoms with van der Waals surface area (Å²) < 4.78 is 0. The number of rotatable bonds is 10. The third-order valence-electron chi connectivity index (χ3n) is 4.53. The number of oxime groups is 1. The summed E-state index contributed by atoms with van der Waals surface area (Å²) in [5, 5.41) is 15.4. The molecule has 5 heteroatoms. The highest BCUT2D eigenvalue weighted by Gasteiger charge is 2.42. The van der Waals surface area contributed by atoms with Gasteiger partial charge in [-0.3, -0.25) is 4.79 Å². The van der Waals surface area contributed by atoms with E-state index in [4.69, 9.17) is 10.9 Å². The fourth-order valence-electron chi connectivity index (χ4n) is 3.08. The van der Waals surface area contributed by atoms with Crippen LogP contribution in [0, 0.1) is 11.3 Å². The second-order valence-corrected chi connectivity index (χ2v) is 6.33. The van der Waals surface area contributed by atoms with E-state index in [1.165, 1.54) is 12.8 Å². The first-order chi connectivity index (χ1) is 10.0. The molecule has 1 aliphatic carbocycles. The van der Waals surface area contributed by atoms with Crippen molar-refractivity contribution in [1.29, 1.82) is 0 Å². The summed E-state index contributed by atoms with van der Waals surface area (Å²) in [7, 11) is 0. The highest BCUT2D eigenvalue weighted by Crippen LogP contribution is 2.35. The molecule has 0 heterocycles. The molecule has 0 aromatic carbocycles. The van der Waals surface area contributed by atoms with Crippen LogP contribution in [0.2, 0.25) is 0 Å². The van der Waals surface area contributed by atoms with Gasteiger partial charge in [0.2, 0.25) is 5.91 Å². The standard InChI is InChI=1S/C16H31N3O2/c1-4-9-16(10-5-2,14(17)19-21)15(20)18-13(6-3)11-12-7-8-12/h12-13,21H,4-11H2,1-3H3,(H2,17,19)(H,18,20). The van der Waals surface area contributed by atoms with Crippen molar-refractivity contribution in [3.63, 3.8) is 0 Å². The van der Waals surface area contributed by atoms with Crippen LogP contribution in [-0.2, 0) is 4.79 Å². The Morgan fingerprint density at radius 2 is 1.90 bits per heavy atom. The topological polar surface area (TPSA) is 87.7 Å². The zero-order valence-corrected chi connectivity index (χ0v) is 13.7. The number of nitrogens with two attached hydrogens (primary N) is 1. The van der Waals surface area contributed by atoms with Gasteiger partial charge in [-0.1, -0.05) is 51.6 Å². The van der Waals surface area contributed by atoms with Crippen molar-refractivity contribution >= 4 is 11.7 Å². The third-order valence-corrected chi connectivity index (χ3v) is 4.53. The van der Waals surface area contributed by atoms with Crippen molar-refractivity contribution in [2.75, 3.05) is 0 Å². The van der Waals surface area contributed by atoms with Crippen LogP contribution < -0.4 is 11.1 Å². The average molecular weight is 297 g/mol. The number of hydrogen-bond donors (Lipinski definition) is 3. The Morgan fingerprint density at radius 1 is 1.33 bits per heavy atom. The number of amides is 1. The van der Waals surface area contributed by atoms with Gasteiger partial charge >= 0.3 is 0 Å². The number of nitrogens with zero attached hydrogens (tertiary/aromatic N) is 1. The molecule has 0 radical (unpaired) electrons. The molecule has 0 aromatic rings. The van der Waals surface area contributed by atoms with Gasteiger partial charge in [0.05, 0.1) is 0 Å². The number of carbonyl (C=O) groups is 1. The second kappa shape index (κ2) is 8.25. The molecule has 21 heavy (non-hydrogen) atoms. The van der Waals surface area contributed by atoms with Crippen molar-refractivity contribution < 1.29 is 10.0 Å². The highest BCUT2D eigenvalue weighted by atomic mass is 16.4. The van der Waals surface area contributed by atoms with Crippen molar-refractivity contribution in [3.05, 3.63) is 0 Å². The van der Waals surface area contributed by atoms with Gasteiger partial charge in [0.1, 0.15) is 5.41 Å². The molecule has 1 fully saturated rings. The van der Waals surface area contributed by atoms with Crippen molar-refractivity contribution in [2.24, 2.45) is 22.2 Å². The minimum atomic E-state index is -0.866. The Labute approximate surface area is 128 Å². The molecule has 122 valence electrons. The quantitative estimate of drug-likeness (QED) is 0.251. The second-order valence-electron chi connectivity index (χ2n) is 6.33. The van der Waals surface area contributed by atoms with Crippen molar-refractivity contribution in [2.45, 2.75) is 78.2 Å². The van der Waals surface area contributed by atoms with E-state index in [1.54, 1.807) is 0 Å². The Bertz CT molecular complexity index is 359. The SMILES string of the molecule is CCCC(CCC)(C(=O)NC(CC)CC1CC1)C(N)=NO. The molecule has 0 aliphatic heterocycles. The molecule has 1 aliphatic rings. The van der Waals surface area contributed by atoms with E-state index >= 15 is 0 Å². The molecule has 1 atom stereocenters. The summed E-state index contributed by atoms with van der Waals surface area (Å²) in [4.78, 5) is 12.8. The monoisotopic (exact) mass is 297 g/mol. The molecule has 0 aromatic heterocycles. The average Bonchev–Trinajstić information content (AvgIpc) is 3.29. The molecule has 1 saturated carbocycles. The van der Waals surface area contributed by atoms with Gasteiger partial charge in [-0.25, -0.2) is 0 Å². The van der Waals surface area contributed by atoms with Gasteiger partial charge in [-0.2, -0.15) is 0 Å². The molecule has 0 saturated heterocycles. The number of amidine groups is 1. The highest BCUT2D eigenvalue weighted by molar-refractivity contribution is 6.06. The lowest BCUT2D eigenvalue weighted by atomic mass is 9.77. The molecule has 1 rings (SSSR count). The van der Waals surface area contributed by atoms with Gasteiger partial charge in [0.25, 0.3) is 0 Å². The number of carbonyl (C=O) groups excluding carboxylic acids is 1. The smallest absolute Gasteiger partial charge is 0.234 e. The first kappa shape index (κ1) is 17.8. The maximum atomic E-state index is 12.8. The van der Waals surface area contributed by atoms with E-state index in [0.29, 0.717) is 12.8 Å². The van der Waals surface area contributed by atoms with E-state index in [-0.39, 0.29) is 17.8 Å². The maximum Gasteiger partial charge on any atom is 0.234 e. The Hall–Kier alpha value is -1.26. The fourth-order valence-corrected chi connectivity index (χ4v) is 3.08. The fraction of sp³-hybridized carbons (Fsp3) is 0.875. The van der Waals surface area contributed by atoms with Crippen LogP contribution in [0.15, 0.2) is 5.16 Å². The summed E-state index contributed by atoms with van der Waals surface area (Å²) in [5.74, 6) is 0.741. The molecule has 1 amide bonds. The van der Waals surface area contributed by atoms with Gasteiger partial charge in [-0.15, -0.1) is 0 Å². The van der Waals surface area contributed by atoms with Crippen LogP contribution in [-0.4, -0.2) is 23.0 Å². The van der Waals surface area contributed by atoms with Gasteiger partial charge in [-0.05, 0) is 31.6 Å². The Morgan fingerprint density at radius 3 is 2.29 bits per heavy atom. The van der Waals surface area contributed by atoms with Gasteiger partial charge in [0.15, 0.2) is 5.84 Å². The molecule has 0 bridgehead atoms. The van der Waals surface area contributed by atoms with Crippen LogP contribution in [0.25, 0.3) is 0 Å². The molecular formula is C16H31N3O2. The molecule has 0 spiro atoms. The molecule has 4 N–H and O–H groups in total. The van der Waals surface area contributed by atoms with Crippen LogP contribution in [0.4, 0.5) is 0 Å². The minimum Gasteiger partial charge on any atom is -0.409 e. The van der Waals surface area contributed by atoms with Gasteiger partial charge < -0.3 is 16.3 Å². The predicted molar refractivity (Wildman–Crippen MR) is 85.2 cm³/mol. The van der Waals surface area contributed by atoms with E-state index in [0.717, 1.165) is 31.6 Å². The van der Waals surface area contributed by atoms with Gasteiger partial charge in [0, 0.05) is 6.04 Å². The van der Waals surface area contributed by atoms with Crippen molar-refractivity contribution in [1.82, 2.24) is 5.32 Å².